The Morgan fingerprint density at radius 3 is 2.32 bits per heavy atom. The van der Waals surface area contributed by atoms with Gasteiger partial charge in [-0.25, -0.2) is 0 Å². The monoisotopic (exact) mass is 268 g/mol. The fourth-order valence-corrected chi connectivity index (χ4v) is 3.50. The quantitative estimate of drug-likeness (QED) is 0.719. The van der Waals surface area contributed by atoms with Crippen LogP contribution in [-0.4, -0.2) is 59.1 Å². The van der Waals surface area contributed by atoms with E-state index in [0.717, 1.165) is 38.4 Å². The largest absolute Gasteiger partial charge is 0.480 e. The number of hydrogen-bond acceptors (Lipinski definition) is 3. The molecule has 4 nitrogen and oxygen atoms in total. The first-order valence-corrected chi connectivity index (χ1v) is 7.89. The minimum absolute atomic E-state index is 0.210. The van der Waals surface area contributed by atoms with Gasteiger partial charge in [0.15, 0.2) is 0 Å². The molecule has 2 atom stereocenters. The summed E-state index contributed by atoms with van der Waals surface area (Å²) in [6, 6.07) is 0.563. The highest BCUT2D eigenvalue weighted by molar-refractivity contribution is 5.73. The highest BCUT2D eigenvalue weighted by Gasteiger charge is 2.29. The summed E-state index contributed by atoms with van der Waals surface area (Å²) >= 11 is 0. The first-order valence-electron chi connectivity index (χ1n) is 7.89. The van der Waals surface area contributed by atoms with Gasteiger partial charge >= 0.3 is 5.97 Å². The number of carboxylic acids is 1. The molecule has 1 N–H and O–H groups in total. The Morgan fingerprint density at radius 2 is 1.68 bits per heavy atom. The number of likely N-dealkylation sites (tertiary alicyclic amines) is 2. The van der Waals surface area contributed by atoms with Crippen LogP contribution in [0.15, 0.2) is 0 Å². The number of hydrogen-bond donors (Lipinski definition) is 1. The van der Waals surface area contributed by atoms with Crippen molar-refractivity contribution in [3.05, 3.63) is 0 Å². The maximum Gasteiger partial charge on any atom is 0.320 e. The van der Waals surface area contributed by atoms with Crippen LogP contribution >= 0.6 is 0 Å². The summed E-state index contributed by atoms with van der Waals surface area (Å²) in [6.07, 6.45) is 8.22. The summed E-state index contributed by atoms with van der Waals surface area (Å²) in [5.41, 5.74) is 0. The predicted octanol–water partition coefficient (Wildman–Crippen LogP) is 2.19. The minimum Gasteiger partial charge on any atom is -0.480 e. The van der Waals surface area contributed by atoms with Crippen molar-refractivity contribution in [2.45, 2.75) is 64.0 Å². The summed E-state index contributed by atoms with van der Waals surface area (Å²) in [4.78, 5) is 15.8. The molecule has 0 aromatic rings. The first-order chi connectivity index (χ1) is 9.18. The van der Waals surface area contributed by atoms with Gasteiger partial charge in [0.1, 0.15) is 6.04 Å². The molecule has 0 saturated carbocycles. The standard InChI is InChI=1S/C15H28N2O2/c1-13-7-5-11-16(13)9-3-2-4-10-17-12-6-8-14(17)15(18)19/h13-14H,2-12H2,1H3,(H,18,19). The molecule has 2 aliphatic heterocycles. The van der Waals surface area contributed by atoms with Gasteiger partial charge in [-0.1, -0.05) is 6.42 Å². The van der Waals surface area contributed by atoms with Crippen LogP contribution in [-0.2, 0) is 4.79 Å². The lowest BCUT2D eigenvalue weighted by Crippen LogP contribution is -2.36. The Morgan fingerprint density at radius 1 is 1.05 bits per heavy atom. The zero-order valence-corrected chi connectivity index (χ0v) is 12.2. The van der Waals surface area contributed by atoms with Gasteiger partial charge < -0.3 is 10.0 Å². The predicted molar refractivity (Wildman–Crippen MR) is 76.4 cm³/mol. The highest BCUT2D eigenvalue weighted by Crippen LogP contribution is 2.19. The van der Waals surface area contributed by atoms with Crippen molar-refractivity contribution in [1.29, 1.82) is 0 Å². The molecule has 0 aromatic heterocycles. The fraction of sp³-hybridized carbons (Fsp3) is 0.933. The van der Waals surface area contributed by atoms with Crippen LogP contribution in [0.3, 0.4) is 0 Å². The summed E-state index contributed by atoms with van der Waals surface area (Å²) < 4.78 is 0. The van der Waals surface area contributed by atoms with Crippen molar-refractivity contribution >= 4 is 5.97 Å². The van der Waals surface area contributed by atoms with E-state index in [1.807, 2.05) is 0 Å². The summed E-state index contributed by atoms with van der Waals surface area (Å²) in [6.45, 7) is 6.76. The Balaban J connectivity index is 1.55. The molecule has 4 heteroatoms. The van der Waals surface area contributed by atoms with Crippen molar-refractivity contribution in [1.82, 2.24) is 9.80 Å². The first kappa shape index (κ1) is 14.8. The smallest absolute Gasteiger partial charge is 0.320 e. The Kier molecular flexibility index (Phi) is 5.64. The van der Waals surface area contributed by atoms with Gasteiger partial charge in [0.25, 0.3) is 0 Å². The Bertz CT molecular complexity index is 296. The zero-order valence-electron chi connectivity index (χ0n) is 12.2. The third-order valence-corrected chi connectivity index (χ3v) is 4.73. The molecule has 2 heterocycles. The van der Waals surface area contributed by atoms with E-state index in [2.05, 4.69) is 16.7 Å². The van der Waals surface area contributed by atoms with Crippen LogP contribution in [0.25, 0.3) is 0 Å². The SMILES string of the molecule is CC1CCCN1CCCCCN1CCCC1C(=O)O. The van der Waals surface area contributed by atoms with E-state index in [1.54, 1.807) is 0 Å². The molecule has 2 saturated heterocycles. The van der Waals surface area contributed by atoms with Gasteiger partial charge in [0, 0.05) is 6.04 Å². The van der Waals surface area contributed by atoms with Crippen LogP contribution in [0, 0.1) is 0 Å². The molecule has 0 radical (unpaired) electrons. The van der Waals surface area contributed by atoms with E-state index in [-0.39, 0.29) is 6.04 Å². The molecule has 19 heavy (non-hydrogen) atoms. The molecule has 110 valence electrons. The molecule has 2 unspecified atom stereocenters. The molecule has 2 aliphatic rings. The van der Waals surface area contributed by atoms with Gasteiger partial charge in [0.05, 0.1) is 0 Å². The third-order valence-electron chi connectivity index (χ3n) is 4.73. The number of unbranched alkanes of at least 4 members (excludes halogenated alkanes) is 2. The second-order valence-corrected chi connectivity index (χ2v) is 6.12. The minimum atomic E-state index is -0.636. The van der Waals surface area contributed by atoms with Crippen molar-refractivity contribution in [2.24, 2.45) is 0 Å². The Hall–Kier alpha value is -0.610. The number of aliphatic carboxylic acids is 1. The highest BCUT2D eigenvalue weighted by atomic mass is 16.4. The molecular weight excluding hydrogens is 240 g/mol. The van der Waals surface area contributed by atoms with E-state index in [4.69, 9.17) is 5.11 Å². The van der Waals surface area contributed by atoms with E-state index in [1.165, 1.54) is 38.8 Å². The van der Waals surface area contributed by atoms with E-state index >= 15 is 0 Å². The molecule has 0 aliphatic carbocycles. The topological polar surface area (TPSA) is 43.8 Å². The number of rotatable bonds is 7. The second kappa shape index (κ2) is 7.25. The van der Waals surface area contributed by atoms with Crippen LogP contribution in [0.4, 0.5) is 0 Å². The van der Waals surface area contributed by atoms with E-state index in [0.29, 0.717) is 0 Å². The second-order valence-electron chi connectivity index (χ2n) is 6.12. The van der Waals surface area contributed by atoms with Crippen molar-refractivity contribution < 1.29 is 9.90 Å². The van der Waals surface area contributed by atoms with E-state index < -0.39 is 5.97 Å². The van der Waals surface area contributed by atoms with Crippen molar-refractivity contribution in [3.8, 4) is 0 Å². The average Bonchev–Trinajstić information content (AvgIpc) is 2.98. The molecule has 0 amide bonds. The lowest BCUT2D eigenvalue weighted by atomic mass is 10.2. The average molecular weight is 268 g/mol. The molecular formula is C15H28N2O2. The van der Waals surface area contributed by atoms with Crippen LogP contribution < -0.4 is 0 Å². The van der Waals surface area contributed by atoms with Gasteiger partial charge in [0.2, 0.25) is 0 Å². The van der Waals surface area contributed by atoms with Crippen molar-refractivity contribution in [3.63, 3.8) is 0 Å². The van der Waals surface area contributed by atoms with Gasteiger partial charge in [-0.05, 0) is 71.6 Å². The molecule has 0 spiro atoms. The third kappa shape index (κ3) is 4.18. The molecule has 2 rings (SSSR count). The van der Waals surface area contributed by atoms with Gasteiger partial charge in [-0.15, -0.1) is 0 Å². The lowest BCUT2D eigenvalue weighted by Gasteiger charge is -2.22. The van der Waals surface area contributed by atoms with Gasteiger partial charge in [-0.2, -0.15) is 0 Å². The molecule has 0 aromatic carbocycles. The van der Waals surface area contributed by atoms with Crippen LogP contribution in [0.2, 0.25) is 0 Å². The maximum absolute atomic E-state index is 11.1. The fourth-order valence-electron chi connectivity index (χ4n) is 3.50. The Labute approximate surface area is 116 Å². The number of nitrogens with zero attached hydrogens (tertiary/aromatic N) is 2. The van der Waals surface area contributed by atoms with E-state index in [9.17, 15) is 4.79 Å². The van der Waals surface area contributed by atoms with Crippen LogP contribution in [0.5, 0.6) is 0 Å². The summed E-state index contributed by atoms with van der Waals surface area (Å²) in [5.74, 6) is -0.636. The zero-order chi connectivity index (χ0) is 13.7. The van der Waals surface area contributed by atoms with Crippen molar-refractivity contribution in [2.75, 3.05) is 26.2 Å². The molecule has 2 fully saturated rings. The number of carbonyl (C=O) groups is 1. The summed E-state index contributed by atoms with van der Waals surface area (Å²) in [7, 11) is 0. The maximum atomic E-state index is 11.1. The number of carboxylic acid groups (broad SMARTS) is 1. The summed E-state index contributed by atoms with van der Waals surface area (Å²) in [5, 5.41) is 9.11. The lowest BCUT2D eigenvalue weighted by molar-refractivity contribution is -0.142. The molecule has 0 bridgehead atoms. The van der Waals surface area contributed by atoms with Gasteiger partial charge in [-0.3, -0.25) is 9.69 Å². The van der Waals surface area contributed by atoms with Crippen LogP contribution in [0.1, 0.15) is 51.9 Å². The normalized spacial score (nSPS) is 29.1.